The van der Waals surface area contributed by atoms with Gasteiger partial charge in [-0.25, -0.2) is 4.79 Å². The monoisotopic (exact) mass is 280 g/mol. The van der Waals surface area contributed by atoms with Crippen LogP contribution in [0.5, 0.6) is 0 Å². The van der Waals surface area contributed by atoms with Gasteiger partial charge in [-0.3, -0.25) is 4.79 Å². The Hall–Kier alpha value is -1.98. The highest BCUT2D eigenvalue weighted by atomic mass is 16.4. The van der Waals surface area contributed by atoms with Crippen molar-refractivity contribution in [2.24, 2.45) is 5.41 Å². The van der Waals surface area contributed by atoms with Crippen molar-refractivity contribution in [3.8, 4) is 0 Å². The Morgan fingerprint density at radius 1 is 1.50 bits per heavy atom. The molecular formula is C14H20N2O4. The molecule has 20 heavy (non-hydrogen) atoms. The Kier molecular flexibility index (Phi) is 4.32. The summed E-state index contributed by atoms with van der Waals surface area (Å²) in [7, 11) is 1.68. The number of rotatable bonds is 6. The molecule has 2 rings (SSSR count). The summed E-state index contributed by atoms with van der Waals surface area (Å²) in [6.45, 7) is 0.811. The van der Waals surface area contributed by atoms with Gasteiger partial charge in [-0.1, -0.05) is 6.42 Å². The molecule has 2 amide bonds. The topological polar surface area (TPSA) is 82.8 Å². The van der Waals surface area contributed by atoms with Crippen molar-refractivity contribution >= 4 is 12.0 Å². The van der Waals surface area contributed by atoms with Crippen molar-refractivity contribution in [1.29, 1.82) is 0 Å². The van der Waals surface area contributed by atoms with Crippen LogP contribution in [-0.2, 0) is 11.3 Å². The fraction of sp³-hybridized carbons (Fsp3) is 0.571. The second-order valence-corrected chi connectivity index (χ2v) is 5.52. The van der Waals surface area contributed by atoms with Crippen molar-refractivity contribution in [2.75, 3.05) is 13.6 Å². The van der Waals surface area contributed by atoms with Crippen LogP contribution in [0.15, 0.2) is 22.8 Å². The van der Waals surface area contributed by atoms with Gasteiger partial charge < -0.3 is 19.7 Å². The molecule has 1 aromatic rings. The number of furan rings is 1. The van der Waals surface area contributed by atoms with E-state index in [0.717, 1.165) is 19.3 Å². The quantitative estimate of drug-likeness (QED) is 0.835. The molecule has 1 aromatic heterocycles. The van der Waals surface area contributed by atoms with E-state index in [9.17, 15) is 9.59 Å². The van der Waals surface area contributed by atoms with E-state index in [4.69, 9.17) is 9.52 Å². The van der Waals surface area contributed by atoms with Gasteiger partial charge in [0.2, 0.25) is 0 Å². The molecule has 1 saturated carbocycles. The van der Waals surface area contributed by atoms with Gasteiger partial charge in [-0.05, 0) is 30.4 Å². The van der Waals surface area contributed by atoms with E-state index < -0.39 is 5.97 Å². The zero-order valence-corrected chi connectivity index (χ0v) is 11.6. The number of amides is 2. The van der Waals surface area contributed by atoms with Crippen LogP contribution < -0.4 is 5.32 Å². The number of carboxylic acid groups (broad SMARTS) is 1. The summed E-state index contributed by atoms with van der Waals surface area (Å²) in [6.07, 6.45) is 4.45. The molecule has 6 heteroatoms. The van der Waals surface area contributed by atoms with Gasteiger partial charge in [0.15, 0.2) is 0 Å². The highest BCUT2D eigenvalue weighted by Gasteiger charge is 2.39. The normalized spacial score (nSPS) is 16.2. The average Bonchev–Trinajstić information content (AvgIpc) is 2.84. The third-order valence-electron chi connectivity index (χ3n) is 3.87. The summed E-state index contributed by atoms with van der Waals surface area (Å²) in [6, 6.07) is 3.37. The largest absolute Gasteiger partial charge is 0.481 e. The molecule has 1 fully saturated rings. The highest BCUT2D eigenvalue weighted by Crippen LogP contribution is 2.43. The lowest BCUT2D eigenvalue weighted by Crippen LogP contribution is -2.46. The minimum absolute atomic E-state index is 0.120. The second kappa shape index (κ2) is 5.98. The lowest BCUT2D eigenvalue weighted by Gasteiger charge is -2.41. The van der Waals surface area contributed by atoms with E-state index in [1.54, 1.807) is 19.4 Å². The van der Waals surface area contributed by atoms with Crippen LogP contribution in [0.3, 0.4) is 0 Å². The van der Waals surface area contributed by atoms with Crippen molar-refractivity contribution in [1.82, 2.24) is 10.2 Å². The number of nitrogens with one attached hydrogen (secondary N) is 1. The van der Waals surface area contributed by atoms with Crippen molar-refractivity contribution in [3.05, 3.63) is 24.2 Å². The summed E-state index contributed by atoms with van der Waals surface area (Å²) in [5.41, 5.74) is -0.257. The summed E-state index contributed by atoms with van der Waals surface area (Å²) in [5, 5.41) is 11.7. The molecular weight excluding hydrogens is 260 g/mol. The molecule has 1 aliphatic rings. The first kappa shape index (κ1) is 14.4. The third kappa shape index (κ3) is 3.53. The maximum absolute atomic E-state index is 12.0. The number of aliphatic carboxylic acids is 1. The molecule has 0 unspecified atom stereocenters. The van der Waals surface area contributed by atoms with Gasteiger partial charge in [-0.2, -0.15) is 0 Å². The summed E-state index contributed by atoms with van der Waals surface area (Å²) in [5.74, 6) is -0.0885. The smallest absolute Gasteiger partial charge is 0.317 e. The van der Waals surface area contributed by atoms with Crippen molar-refractivity contribution in [3.63, 3.8) is 0 Å². The third-order valence-corrected chi connectivity index (χ3v) is 3.87. The van der Waals surface area contributed by atoms with E-state index in [-0.39, 0.29) is 17.9 Å². The van der Waals surface area contributed by atoms with Gasteiger partial charge in [0.05, 0.1) is 19.2 Å². The number of nitrogens with zero attached hydrogens (tertiary/aromatic N) is 1. The summed E-state index contributed by atoms with van der Waals surface area (Å²) >= 11 is 0. The molecule has 1 heterocycles. The SMILES string of the molecule is CN(Cc1ccco1)C(=O)NCC1(CC(=O)O)CCC1. The van der Waals surface area contributed by atoms with E-state index in [0.29, 0.717) is 18.8 Å². The van der Waals surface area contributed by atoms with Gasteiger partial charge in [-0.15, -0.1) is 0 Å². The van der Waals surface area contributed by atoms with Crippen LogP contribution in [0.2, 0.25) is 0 Å². The molecule has 110 valence electrons. The Morgan fingerprint density at radius 3 is 2.75 bits per heavy atom. The number of carboxylic acids is 1. The van der Waals surface area contributed by atoms with Gasteiger partial charge >= 0.3 is 12.0 Å². The predicted octanol–water partition coefficient (Wildman–Crippen LogP) is 2.07. The molecule has 0 atom stereocenters. The first-order chi connectivity index (χ1) is 9.51. The van der Waals surface area contributed by atoms with Gasteiger partial charge in [0.25, 0.3) is 0 Å². The molecule has 0 aromatic carbocycles. The molecule has 6 nitrogen and oxygen atoms in total. The van der Waals surface area contributed by atoms with Crippen LogP contribution in [0, 0.1) is 5.41 Å². The van der Waals surface area contributed by atoms with Gasteiger partial charge in [0.1, 0.15) is 5.76 Å². The molecule has 0 saturated heterocycles. The van der Waals surface area contributed by atoms with Crippen LogP contribution in [0.4, 0.5) is 4.79 Å². The number of hydrogen-bond donors (Lipinski definition) is 2. The molecule has 2 N–H and O–H groups in total. The fourth-order valence-electron chi connectivity index (χ4n) is 2.52. The van der Waals surface area contributed by atoms with Crippen LogP contribution >= 0.6 is 0 Å². The minimum Gasteiger partial charge on any atom is -0.481 e. The Morgan fingerprint density at radius 2 is 2.25 bits per heavy atom. The Labute approximate surface area is 117 Å². The second-order valence-electron chi connectivity index (χ2n) is 5.52. The van der Waals surface area contributed by atoms with E-state index >= 15 is 0 Å². The van der Waals surface area contributed by atoms with E-state index in [2.05, 4.69) is 5.32 Å². The number of urea groups is 1. The molecule has 0 bridgehead atoms. The maximum atomic E-state index is 12.0. The van der Waals surface area contributed by atoms with Gasteiger partial charge in [0, 0.05) is 13.6 Å². The summed E-state index contributed by atoms with van der Waals surface area (Å²) < 4.78 is 5.19. The summed E-state index contributed by atoms with van der Waals surface area (Å²) in [4.78, 5) is 24.3. The van der Waals surface area contributed by atoms with E-state index in [1.165, 1.54) is 4.90 Å². The first-order valence-corrected chi connectivity index (χ1v) is 6.74. The zero-order valence-electron chi connectivity index (χ0n) is 11.6. The molecule has 0 radical (unpaired) electrons. The standard InChI is InChI=1S/C14H20N2O4/c1-16(9-11-4-2-7-20-11)13(19)15-10-14(5-3-6-14)8-12(17)18/h2,4,7H,3,5-6,8-10H2,1H3,(H,15,19)(H,17,18). The first-order valence-electron chi connectivity index (χ1n) is 6.74. The predicted molar refractivity (Wildman–Crippen MR) is 72.1 cm³/mol. The molecule has 0 spiro atoms. The van der Waals surface area contributed by atoms with Crippen LogP contribution in [0.1, 0.15) is 31.4 Å². The fourth-order valence-corrected chi connectivity index (χ4v) is 2.52. The number of carbonyl (C=O) groups is 2. The molecule has 1 aliphatic carbocycles. The Balaban J connectivity index is 1.80. The zero-order chi connectivity index (χ0) is 14.6. The highest BCUT2D eigenvalue weighted by molar-refractivity contribution is 5.74. The lowest BCUT2D eigenvalue weighted by atomic mass is 9.66. The van der Waals surface area contributed by atoms with Crippen LogP contribution in [0.25, 0.3) is 0 Å². The maximum Gasteiger partial charge on any atom is 0.317 e. The average molecular weight is 280 g/mol. The number of carbonyl (C=O) groups excluding carboxylic acids is 1. The van der Waals surface area contributed by atoms with Crippen molar-refractivity contribution < 1.29 is 19.1 Å². The molecule has 0 aliphatic heterocycles. The number of hydrogen-bond acceptors (Lipinski definition) is 3. The van der Waals surface area contributed by atoms with Crippen LogP contribution in [-0.4, -0.2) is 35.6 Å². The van der Waals surface area contributed by atoms with Crippen molar-refractivity contribution in [2.45, 2.75) is 32.2 Å². The van der Waals surface area contributed by atoms with E-state index in [1.807, 2.05) is 6.07 Å². The lowest BCUT2D eigenvalue weighted by molar-refractivity contribution is -0.141. The Bertz CT molecular complexity index is 466. The minimum atomic E-state index is -0.803.